The van der Waals surface area contributed by atoms with Crippen LogP contribution in [0.2, 0.25) is 0 Å². The molecule has 0 fully saturated rings. The molecule has 0 aliphatic rings. The fourth-order valence-corrected chi connectivity index (χ4v) is 2.17. The average molecular weight is 245 g/mol. The lowest BCUT2D eigenvalue weighted by molar-refractivity contribution is 0.554. The van der Waals surface area contributed by atoms with Crippen LogP contribution in [0.5, 0.6) is 0 Å². The maximum Gasteiger partial charge on any atom is 0.112 e. The summed E-state index contributed by atoms with van der Waals surface area (Å²) in [6, 6.07) is 6.43. The largest absolute Gasteiger partial charge is 0.342 e. The highest BCUT2D eigenvalue weighted by Crippen LogP contribution is 2.26. The highest BCUT2D eigenvalue weighted by molar-refractivity contribution is 5.76. The number of hydrogen-bond acceptors (Lipinski definition) is 2. The van der Waals surface area contributed by atoms with Crippen LogP contribution in [0.4, 0.5) is 0 Å². The molecule has 3 nitrogen and oxygen atoms in total. The van der Waals surface area contributed by atoms with E-state index in [4.69, 9.17) is 5.73 Å². The second-order valence-corrected chi connectivity index (χ2v) is 5.95. The molecular weight excluding hydrogens is 222 g/mol. The lowest BCUT2D eigenvalue weighted by Crippen LogP contribution is -2.13. The normalized spacial score (nSPS) is 14.1. The Hall–Kier alpha value is -1.35. The summed E-state index contributed by atoms with van der Waals surface area (Å²) in [6.07, 6.45) is 1.07. The zero-order valence-electron chi connectivity index (χ0n) is 11.7. The number of hydrogen-bond donors (Lipinski definition) is 2. The molecule has 1 atom stereocenters. The van der Waals surface area contributed by atoms with E-state index in [0.29, 0.717) is 12.5 Å². The van der Waals surface area contributed by atoms with Crippen molar-refractivity contribution >= 4 is 11.0 Å². The van der Waals surface area contributed by atoms with Crippen molar-refractivity contribution in [1.29, 1.82) is 0 Å². The van der Waals surface area contributed by atoms with Crippen LogP contribution in [0.3, 0.4) is 0 Å². The minimum Gasteiger partial charge on any atom is -0.342 e. The first-order chi connectivity index (χ1) is 8.45. The van der Waals surface area contributed by atoms with E-state index in [2.05, 4.69) is 55.9 Å². The summed E-state index contributed by atoms with van der Waals surface area (Å²) in [5, 5.41) is 0. The number of nitrogens with zero attached hydrogens (tertiary/aromatic N) is 1. The molecule has 1 heterocycles. The molecule has 2 aromatic rings. The Labute approximate surface area is 109 Å². The molecule has 0 radical (unpaired) electrons. The lowest BCUT2D eigenvalue weighted by atomic mass is 9.96. The van der Waals surface area contributed by atoms with E-state index >= 15 is 0 Å². The van der Waals surface area contributed by atoms with Gasteiger partial charge in [-0.05, 0) is 36.6 Å². The number of rotatable bonds is 3. The standard InChI is InChI=1S/C15H23N3/c1-5-10(9-16)11-6-7-12-13(8-11)18-14(17-12)15(2,3)4/h6-8,10H,5,9,16H2,1-4H3,(H,17,18). The monoisotopic (exact) mass is 245 g/mol. The Bertz CT molecular complexity index is 530. The molecule has 2 rings (SSSR count). The Morgan fingerprint density at radius 1 is 1.33 bits per heavy atom. The first kappa shape index (κ1) is 13.1. The van der Waals surface area contributed by atoms with Crippen molar-refractivity contribution in [2.75, 3.05) is 6.54 Å². The number of benzene rings is 1. The maximum atomic E-state index is 5.81. The summed E-state index contributed by atoms with van der Waals surface area (Å²) in [6.45, 7) is 9.37. The molecule has 3 N–H and O–H groups in total. The third-order valence-corrected chi connectivity index (χ3v) is 3.47. The van der Waals surface area contributed by atoms with Crippen molar-refractivity contribution in [3.05, 3.63) is 29.6 Å². The van der Waals surface area contributed by atoms with Gasteiger partial charge in [0.05, 0.1) is 11.0 Å². The Morgan fingerprint density at radius 3 is 2.61 bits per heavy atom. The van der Waals surface area contributed by atoms with Crippen LogP contribution in [0, 0.1) is 0 Å². The quantitative estimate of drug-likeness (QED) is 0.871. The number of nitrogens with two attached hydrogens (primary N) is 1. The fraction of sp³-hybridized carbons (Fsp3) is 0.533. The number of fused-ring (bicyclic) bond motifs is 1. The van der Waals surface area contributed by atoms with Gasteiger partial charge in [0.25, 0.3) is 0 Å². The lowest BCUT2D eigenvalue weighted by Gasteiger charge is -2.13. The highest BCUT2D eigenvalue weighted by Gasteiger charge is 2.18. The Morgan fingerprint density at radius 2 is 2.06 bits per heavy atom. The Balaban J connectivity index is 2.45. The first-order valence-electron chi connectivity index (χ1n) is 6.66. The molecule has 0 bridgehead atoms. The van der Waals surface area contributed by atoms with Gasteiger partial charge in [-0.25, -0.2) is 4.98 Å². The van der Waals surface area contributed by atoms with Gasteiger partial charge in [-0.15, -0.1) is 0 Å². The molecule has 3 heteroatoms. The van der Waals surface area contributed by atoms with E-state index in [1.165, 1.54) is 5.56 Å². The fourth-order valence-electron chi connectivity index (χ4n) is 2.17. The second-order valence-electron chi connectivity index (χ2n) is 5.95. The number of aromatic nitrogens is 2. The molecule has 1 aromatic heterocycles. The molecule has 0 aliphatic carbocycles. The predicted octanol–water partition coefficient (Wildman–Crippen LogP) is 3.31. The van der Waals surface area contributed by atoms with E-state index in [9.17, 15) is 0 Å². The van der Waals surface area contributed by atoms with Crippen molar-refractivity contribution in [2.24, 2.45) is 5.73 Å². The Kier molecular flexibility index (Phi) is 3.44. The molecule has 1 aromatic carbocycles. The minimum absolute atomic E-state index is 0.0528. The van der Waals surface area contributed by atoms with E-state index in [-0.39, 0.29) is 5.41 Å². The van der Waals surface area contributed by atoms with Gasteiger partial charge in [-0.1, -0.05) is 33.8 Å². The van der Waals surface area contributed by atoms with Crippen molar-refractivity contribution in [3.8, 4) is 0 Å². The topological polar surface area (TPSA) is 54.7 Å². The molecule has 0 amide bonds. The third kappa shape index (κ3) is 2.41. The van der Waals surface area contributed by atoms with E-state index in [1.54, 1.807) is 0 Å². The van der Waals surface area contributed by atoms with Crippen LogP contribution in [-0.2, 0) is 5.41 Å². The molecule has 0 aliphatic heterocycles. The summed E-state index contributed by atoms with van der Waals surface area (Å²) < 4.78 is 0. The van der Waals surface area contributed by atoms with Crippen LogP contribution in [0.15, 0.2) is 18.2 Å². The summed E-state index contributed by atoms with van der Waals surface area (Å²) in [4.78, 5) is 8.08. The number of nitrogens with one attached hydrogen (secondary N) is 1. The third-order valence-electron chi connectivity index (χ3n) is 3.47. The molecule has 0 spiro atoms. The summed E-state index contributed by atoms with van der Waals surface area (Å²) in [5.41, 5.74) is 9.32. The summed E-state index contributed by atoms with van der Waals surface area (Å²) in [7, 11) is 0. The van der Waals surface area contributed by atoms with Crippen molar-refractivity contribution in [3.63, 3.8) is 0 Å². The van der Waals surface area contributed by atoms with Crippen molar-refractivity contribution in [1.82, 2.24) is 9.97 Å². The van der Waals surface area contributed by atoms with Gasteiger partial charge in [0.2, 0.25) is 0 Å². The van der Waals surface area contributed by atoms with Crippen LogP contribution in [0.1, 0.15) is 51.4 Å². The van der Waals surface area contributed by atoms with Gasteiger partial charge >= 0.3 is 0 Å². The SMILES string of the molecule is CCC(CN)c1ccc2nc(C(C)(C)C)[nH]c2c1. The summed E-state index contributed by atoms with van der Waals surface area (Å²) >= 11 is 0. The van der Waals surface area contributed by atoms with E-state index < -0.39 is 0 Å². The van der Waals surface area contributed by atoms with Gasteiger partial charge in [-0.2, -0.15) is 0 Å². The number of H-pyrrole nitrogens is 1. The molecular formula is C15H23N3. The smallest absolute Gasteiger partial charge is 0.112 e. The zero-order chi connectivity index (χ0) is 13.3. The average Bonchev–Trinajstić information content (AvgIpc) is 2.73. The van der Waals surface area contributed by atoms with Gasteiger partial charge in [0, 0.05) is 5.41 Å². The van der Waals surface area contributed by atoms with Crippen molar-refractivity contribution in [2.45, 2.75) is 45.4 Å². The van der Waals surface area contributed by atoms with E-state index in [1.807, 2.05) is 0 Å². The number of aromatic amines is 1. The summed E-state index contributed by atoms with van der Waals surface area (Å²) in [5.74, 6) is 1.48. The molecule has 1 unspecified atom stereocenters. The number of imidazole rings is 1. The van der Waals surface area contributed by atoms with Gasteiger partial charge in [0.15, 0.2) is 0 Å². The second kappa shape index (κ2) is 4.73. The van der Waals surface area contributed by atoms with Gasteiger partial charge in [-0.3, -0.25) is 0 Å². The maximum absolute atomic E-state index is 5.81. The van der Waals surface area contributed by atoms with Gasteiger partial charge < -0.3 is 10.7 Å². The molecule has 0 saturated carbocycles. The predicted molar refractivity (Wildman–Crippen MR) is 76.9 cm³/mol. The van der Waals surface area contributed by atoms with Crippen LogP contribution in [-0.4, -0.2) is 16.5 Å². The van der Waals surface area contributed by atoms with Crippen LogP contribution in [0.25, 0.3) is 11.0 Å². The van der Waals surface area contributed by atoms with Crippen LogP contribution < -0.4 is 5.73 Å². The highest BCUT2D eigenvalue weighted by atomic mass is 14.9. The van der Waals surface area contributed by atoms with Crippen molar-refractivity contribution < 1.29 is 0 Å². The molecule has 98 valence electrons. The van der Waals surface area contributed by atoms with Crippen LogP contribution >= 0.6 is 0 Å². The minimum atomic E-state index is 0.0528. The molecule has 18 heavy (non-hydrogen) atoms. The molecule has 0 saturated heterocycles. The van der Waals surface area contributed by atoms with Gasteiger partial charge in [0.1, 0.15) is 5.82 Å². The first-order valence-corrected chi connectivity index (χ1v) is 6.66. The van der Waals surface area contributed by atoms with E-state index in [0.717, 1.165) is 23.3 Å². The zero-order valence-corrected chi connectivity index (χ0v) is 11.7.